The minimum Gasteiger partial charge on any atom is -0.363 e. The van der Waals surface area contributed by atoms with Crippen molar-refractivity contribution in [2.75, 3.05) is 37.7 Å². The van der Waals surface area contributed by atoms with E-state index in [1.807, 2.05) is 6.07 Å². The molecule has 1 unspecified atom stereocenters. The highest BCUT2D eigenvalue weighted by Crippen LogP contribution is 2.39. The molecule has 0 amide bonds. The smallest absolute Gasteiger partial charge is 0.141 e. The van der Waals surface area contributed by atoms with E-state index in [1.54, 1.807) is 29.8 Å². The van der Waals surface area contributed by atoms with Gasteiger partial charge >= 0.3 is 0 Å². The molecule has 2 aliphatic heterocycles. The molecule has 0 radical (unpaired) electrons. The zero-order chi connectivity index (χ0) is 21.2. The Kier molecular flexibility index (Phi) is 6.16. The van der Waals surface area contributed by atoms with E-state index in [4.69, 9.17) is 4.74 Å². The number of piperidine rings is 1. The number of fused-ring (bicyclic) bond motifs is 1. The maximum Gasteiger partial charge on any atom is 0.141 e. The summed E-state index contributed by atoms with van der Waals surface area (Å²) in [7, 11) is 0. The maximum atomic E-state index is 13.9. The van der Waals surface area contributed by atoms with E-state index < -0.39 is 0 Å². The minimum atomic E-state index is -0.222. The van der Waals surface area contributed by atoms with Crippen molar-refractivity contribution in [2.45, 2.75) is 38.8 Å². The van der Waals surface area contributed by atoms with Gasteiger partial charge in [0, 0.05) is 49.6 Å². The molecule has 0 saturated carbocycles. The Bertz CT molecular complexity index is 1030. The molecule has 1 atom stereocenters. The molecule has 5 rings (SSSR count). The van der Waals surface area contributed by atoms with Crippen molar-refractivity contribution in [2.24, 2.45) is 5.92 Å². The molecule has 7 heteroatoms. The molecule has 2 aromatic heterocycles. The van der Waals surface area contributed by atoms with Crippen LogP contribution in [0.25, 0.3) is 21.3 Å². The van der Waals surface area contributed by atoms with Crippen LogP contribution < -0.4 is 4.90 Å². The molecule has 2 saturated heterocycles. The Balaban J connectivity index is 1.39. The molecule has 0 spiro atoms. The number of hydrogen-bond donors (Lipinski definition) is 0. The maximum absolute atomic E-state index is 13.9. The lowest BCUT2D eigenvalue weighted by Crippen LogP contribution is -2.46. The minimum absolute atomic E-state index is 0.222. The zero-order valence-electron chi connectivity index (χ0n) is 18.0. The Labute approximate surface area is 186 Å². The van der Waals surface area contributed by atoms with Crippen molar-refractivity contribution in [3.8, 4) is 11.1 Å². The van der Waals surface area contributed by atoms with Gasteiger partial charge in [-0.25, -0.2) is 14.4 Å². The lowest BCUT2D eigenvalue weighted by Gasteiger charge is -2.40. The van der Waals surface area contributed by atoms with E-state index in [2.05, 4.69) is 32.1 Å². The third-order valence-corrected chi connectivity index (χ3v) is 7.45. The molecular weight excluding hydrogens is 411 g/mol. The summed E-state index contributed by atoms with van der Waals surface area (Å²) in [6, 6.07) is 6.79. The van der Waals surface area contributed by atoms with Crippen LogP contribution in [0.15, 0.2) is 36.0 Å². The summed E-state index contributed by atoms with van der Waals surface area (Å²) in [5.74, 6) is 1.30. The number of aromatic nitrogens is 2. The van der Waals surface area contributed by atoms with Crippen LogP contribution in [-0.4, -0.2) is 53.9 Å². The van der Waals surface area contributed by atoms with Crippen molar-refractivity contribution in [1.82, 2.24) is 14.9 Å². The van der Waals surface area contributed by atoms with Gasteiger partial charge in [-0.05, 0) is 50.3 Å². The zero-order valence-corrected chi connectivity index (χ0v) is 18.8. The van der Waals surface area contributed by atoms with Gasteiger partial charge in [0.2, 0.25) is 0 Å². The largest absolute Gasteiger partial charge is 0.363 e. The van der Waals surface area contributed by atoms with E-state index in [-0.39, 0.29) is 12.0 Å². The van der Waals surface area contributed by atoms with Gasteiger partial charge in [-0.3, -0.25) is 4.90 Å². The summed E-state index contributed by atoms with van der Waals surface area (Å²) in [5.41, 5.74) is 1.89. The van der Waals surface area contributed by atoms with Crippen LogP contribution in [0.4, 0.5) is 10.2 Å². The summed E-state index contributed by atoms with van der Waals surface area (Å²) in [4.78, 5) is 15.0. The fourth-order valence-electron chi connectivity index (χ4n) is 5.07. The van der Waals surface area contributed by atoms with Crippen LogP contribution >= 0.6 is 11.3 Å². The highest BCUT2D eigenvalue weighted by molar-refractivity contribution is 7.17. The monoisotopic (exact) mass is 440 g/mol. The predicted octanol–water partition coefficient (Wildman–Crippen LogP) is 5.17. The van der Waals surface area contributed by atoms with Crippen molar-refractivity contribution >= 4 is 27.4 Å². The second-order valence-electron chi connectivity index (χ2n) is 8.45. The SMILES string of the molecule is CCOC(C1CCN(c2ncnc3scc(-c4cccc(F)c4)c23)CC1)N1CCCC1. The molecule has 3 aromatic rings. The van der Waals surface area contributed by atoms with Crippen molar-refractivity contribution in [3.05, 3.63) is 41.8 Å². The van der Waals surface area contributed by atoms with Crippen molar-refractivity contribution in [1.29, 1.82) is 0 Å². The van der Waals surface area contributed by atoms with Crippen LogP contribution in [0.5, 0.6) is 0 Å². The van der Waals surface area contributed by atoms with Gasteiger partial charge in [0.1, 0.15) is 29.0 Å². The summed E-state index contributed by atoms with van der Waals surface area (Å²) < 4.78 is 20.1. The second-order valence-corrected chi connectivity index (χ2v) is 9.31. The average molecular weight is 441 g/mol. The summed E-state index contributed by atoms with van der Waals surface area (Å²) in [6.07, 6.45) is 6.63. The number of hydrogen-bond acceptors (Lipinski definition) is 6. The molecule has 5 nitrogen and oxygen atoms in total. The average Bonchev–Trinajstić information content (AvgIpc) is 3.48. The normalized spacial score (nSPS) is 19.4. The summed E-state index contributed by atoms with van der Waals surface area (Å²) >= 11 is 1.59. The van der Waals surface area contributed by atoms with Crippen LogP contribution in [0.1, 0.15) is 32.6 Å². The molecular formula is C24H29FN4OS. The summed E-state index contributed by atoms with van der Waals surface area (Å²) in [6.45, 7) is 7.08. The molecule has 31 heavy (non-hydrogen) atoms. The van der Waals surface area contributed by atoms with Crippen LogP contribution in [0.3, 0.4) is 0 Å². The molecule has 164 valence electrons. The van der Waals surface area contributed by atoms with E-state index in [1.165, 1.54) is 18.9 Å². The number of thiophene rings is 1. The van der Waals surface area contributed by atoms with Gasteiger partial charge in [0.05, 0.1) is 5.39 Å². The van der Waals surface area contributed by atoms with Crippen LogP contribution in [0, 0.1) is 11.7 Å². The number of rotatable bonds is 6. The predicted molar refractivity (Wildman–Crippen MR) is 124 cm³/mol. The Morgan fingerprint density at radius 1 is 1.16 bits per heavy atom. The number of benzene rings is 1. The Morgan fingerprint density at radius 3 is 2.71 bits per heavy atom. The van der Waals surface area contributed by atoms with Crippen molar-refractivity contribution in [3.63, 3.8) is 0 Å². The lowest BCUT2D eigenvalue weighted by molar-refractivity contribution is -0.0858. The third kappa shape index (κ3) is 4.19. The molecule has 2 fully saturated rings. The van der Waals surface area contributed by atoms with Crippen LogP contribution in [0.2, 0.25) is 0 Å². The third-order valence-electron chi connectivity index (χ3n) is 6.57. The van der Waals surface area contributed by atoms with Gasteiger partial charge in [-0.2, -0.15) is 0 Å². The van der Waals surface area contributed by atoms with Gasteiger partial charge in [0.15, 0.2) is 0 Å². The molecule has 4 heterocycles. The van der Waals surface area contributed by atoms with E-state index in [0.717, 1.165) is 72.8 Å². The number of anilines is 1. The fraction of sp³-hybridized carbons (Fsp3) is 0.500. The second kappa shape index (κ2) is 9.18. The first-order chi connectivity index (χ1) is 15.2. The first kappa shape index (κ1) is 20.8. The molecule has 0 aliphatic carbocycles. The highest BCUT2D eigenvalue weighted by Gasteiger charge is 2.33. The first-order valence-electron chi connectivity index (χ1n) is 11.3. The van der Waals surface area contributed by atoms with E-state index >= 15 is 0 Å². The van der Waals surface area contributed by atoms with Crippen molar-refractivity contribution < 1.29 is 9.13 Å². The van der Waals surface area contributed by atoms with Gasteiger partial charge in [-0.15, -0.1) is 11.3 Å². The lowest BCUT2D eigenvalue weighted by atomic mass is 9.93. The topological polar surface area (TPSA) is 41.5 Å². The Hall–Kier alpha value is -2.09. The number of nitrogens with zero attached hydrogens (tertiary/aromatic N) is 4. The quantitative estimate of drug-likeness (QED) is 0.529. The number of likely N-dealkylation sites (tertiary alicyclic amines) is 1. The van der Waals surface area contributed by atoms with E-state index in [9.17, 15) is 4.39 Å². The van der Waals surface area contributed by atoms with E-state index in [0.29, 0.717) is 5.92 Å². The molecule has 0 bridgehead atoms. The molecule has 0 N–H and O–H groups in total. The van der Waals surface area contributed by atoms with Crippen LogP contribution in [-0.2, 0) is 4.74 Å². The number of ether oxygens (including phenoxy) is 1. The number of halogens is 1. The standard InChI is InChI=1S/C24H29FN4OS/c1-2-30-24(29-10-3-4-11-29)17-8-12-28(13-9-17)22-21-20(15-31-23(21)27-16-26-22)18-6-5-7-19(25)14-18/h5-7,14-17,24H,2-4,8-13H2,1H3. The molecule has 1 aromatic carbocycles. The molecule has 2 aliphatic rings. The highest BCUT2D eigenvalue weighted by atomic mass is 32.1. The fourth-order valence-corrected chi connectivity index (χ4v) is 5.98. The van der Waals surface area contributed by atoms with Gasteiger partial charge in [0.25, 0.3) is 0 Å². The first-order valence-corrected chi connectivity index (χ1v) is 12.2. The van der Waals surface area contributed by atoms with Gasteiger partial charge < -0.3 is 9.64 Å². The summed E-state index contributed by atoms with van der Waals surface area (Å²) in [5, 5.41) is 3.11. The van der Waals surface area contributed by atoms with Gasteiger partial charge in [-0.1, -0.05) is 12.1 Å². The Morgan fingerprint density at radius 2 is 1.97 bits per heavy atom.